The molecular formula is C9H16F2N2O5S. The number of carbonyl (C=O) groups is 1. The summed E-state index contributed by atoms with van der Waals surface area (Å²) in [5, 5.41) is 17.7. The highest BCUT2D eigenvalue weighted by molar-refractivity contribution is 7.87. The van der Waals surface area contributed by atoms with Crippen molar-refractivity contribution in [3.63, 3.8) is 0 Å². The second kappa shape index (κ2) is 6.55. The van der Waals surface area contributed by atoms with E-state index in [-0.39, 0.29) is 13.1 Å². The van der Waals surface area contributed by atoms with E-state index in [9.17, 15) is 22.0 Å². The Labute approximate surface area is 109 Å². The van der Waals surface area contributed by atoms with E-state index in [0.29, 0.717) is 12.8 Å². The number of carboxylic acid groups (broad SMARTS) is 1. The van der Waals surface area contributed by atoms with Gasteiger partial charge in [0.1, 0.15) is 6.10 Å². The van der Waals surface area contributed by atoms with Gasteiger partial charge in [-0.3, -0.25) is 4.79 Å². The van der Waals surface area contributed by atoms with Crippen LogP contribution in [-0.2, 0) is 15.0 Å². The summed E-state index contributed by atoms with van der Waals surface area (Å²) in [7, 11) is -4.05. The molecule has 0 bridgehead atoms. The molecule has 0 saturated carbocycles. The van der Waals surface area contributed by atoms with Crippen molar-refractivity contribution in [3.05, 3.63) is 0 Å². The van der Waals surface area contributed by atoms with E-state index in [2.05, 4.69) is 0 Å². The Bertz CT molecular complexity index is 417. The molecule has 0 radical (unpaired) electrons. The summed E-state index contributed by atoms with van der Waals surface area (Å²) in [6, 6.07) is 0. The minimum atomic E-state index is -4.05. The standard InChI is InChI=1S/C9H16F2N2O5S/c10-8(11)7(14)4-12-19(17,18)13-3-1-2-6(5-13)9(15)16/h6-8,12,14H,1-5H2,(H,15,16). The molecule has 0 aromatic heterocycles. The van der Waals surface area contributed by atoms with Crippen molar-refractivity contribution in [2.75, 3.05) is 19.6 Å². The third-order valence-corrected chi connectivity index (χ3v) is 4.38. The van der Waals surface area contributed by atoms with Crippen LogP contribution in [0.5, 0.6) is 0 Å². The number of nitrogens with zero attached hydrogens (tertiary/aromatic N) is 1. The number of rotatable bonds is 6. The van der Waals surface area contributed by atoms with Gasteiger partial charge >= 0.3 is 5.97 Å². The first-order valence-electron chi connectivity index (χ1n) is 5.68. The topological polar surface area (TPSA) is 107 Å². The summed E-state index contributed by atoms with van der Waals surface area (Å²) < 4.78 is 50.3. The Kier molecular flexibility index (Phi) is 5.59. The molecule has 1 rings (SSSR count). The van der Waals surface area contributed by atoms with E-state index in [0.717, 1.165) is 4.31 Å². The Morgan fingerprint density at radius 3 is 2.63 bits per heavy atom. The lowest BCUT2D eigenvalue weighted by molar-refractivity contribution is -0.142. The van der Waals surface area contributed by atoms with E-state index >= 15 is 0 Å². The minimum Gasteiger partial charge on any atom is -0.481 e. The molecule has 0 aromatic rings. The van der Waals surface area contributed by atoms with E-state index in [1.54, 1.807) is 0 Å². The maximum atomic E-state index is 12.0. The molecule has 1 saturated heterocycles. The molecule has 0 spiro atoms. The van der Waals surface area contributed by atoms with Crippen LogP contribution in [0.1, 0.15) is 12.8 Å². The maximum absolute atomic E-state index is 12.0. The van der Waals surface area contributed by atoms with E-state index in [1.165, 1.54) is 0 Å². The molecule has 1 aliphatic heterocycles. The molecule has 0 aliphatic carbocycles. The van der Waals surface area contributed by atoms with Crippen molar-refractivity contribution < 1.29 is 32.2 Å². The first-order valence-corrected chi connectivity index (χ1v) is 7.12. The average Bonchev–Trinajstić information content (AvgIpc) is 2.36. The minimum absolute atomic E-state index is 0.129. The summed E-state index contributed by atoms with van der Waals surface area (Å²) >= 11 is 0. The number of nitrogens with one attached hydrogen (secondary N) is 1. The van der Waals surface area contributed by atoms with Crippen LogP contribution < -0.4 is 4.72 Å². The average molecular weight is 302 g/mol. The molecule has 3 N–H and O–H groups in total. The van der Waals surface area contributed by atoms with Gasteiger partial charge in [0.2, 0.25) is 0 Å². The normalized spacial score (nSPS) is 23.5. The van der Waals surface area contributed by atoms with Crippen LogP contribution in [0.4, 0.5) is 8.78 Å². The monoisotopic (exact) mass is 302 g/mol. The zero-order valence-electron chi connectivity index (χ0n) is 10.00. The van der Waals surface area contributed by atoms with Gasteiger partial charge < -0.3 is 10.2 Å². The second-order valence-corrected chi connectivity index (χ2v) is 6.05. The van der Waals surface area contributed by atoms with Gasteiger partial charge in [-0.1, -0.05) is 0 Å². The van der Waals surface area contributed by atoms with Gasteiger partial charge in [0, 0.05) is 19.6 Å². The SMILES string of the molecule is O=C(O)C1CCCN(S(=O)(=O)NCC(O)C(F)F)C1. The van der Waals surface area contributed by atoms with Crippen molar-refractivity contribution >= 4 is 16.2 Å². The van der Waals surface area contributed by atoms with Crippen molar-refractivity contribution in [3.8, 4) is 0 Å². The molecule has 10 heteroatoms. The van der Waals surface area contributed by atoms with Gasteiger partial charge in [0.25, 0.3) is 16.6 Å². The molecule has 1 aliphatic rings. The summed E-state index contributed by atoms with van der Waals surface area (Å²) in [4.78, 5) is 10.8. The summed E-state index contributed by atoms with van der Waals surface area (Å²) in [6.07, 6.45) is -4.37. The number of hydrogen-bond donors (Lipinski definition) is 3. The number of aliphatic hydroxyl groups excluding tert-OH is 1. The quantitative estimate of drug-likeness (QED) is 0.598. The Morgan fingerprint density at radius 2 is 2.11 bits per heavy atom. The molecule has 112 valence electrons. The van der Waals surface area contributed by atoms with E-state index < -0.39 is 41.2 Å². The van der Waals surface area contributed by atoms with Crippen LogP contribution in [0.2, 0.25) is 0 Å². The highest BCUT2D eigenvalue weighted by Gasteiger charge is 2.32. The van der Waals surface area contributed by atoms with E-state index in [4.69, 9.17) is 10.2 Å². The molecule has 2 atom stereocenters. The van der Waals surface area contributed by atoms with Crippen LogP contribution >= 0.6 is 0 Å². The van der Waals surface area contributed by atoms with Crippen LogP contribution in [0.25, 0.3) is 0 Å². The first-order chi connectivity index (χ1) is 8.74. The molecule has 1 heterocycles. The first kappa shape index (κ1) is 16.2. The van der Waals surface area contributed by atoms with Crippen molar-refractivity contribution in [2.24, 2.45) is 5.92 Å². The second-order valence-electron chi connectivity index (χ2n) is 4.29. The lowest BCUT2D eigenvalue weighted by Crippen LogP contribution is -2.49. The molecule has 1 fully saturated rings. The Morgan fingerprint density at radius 1 is 1.47 bits per heavy atom. The van der Waals surface area contributed by atoms with Crippen LogP contribution in [0.15, 0.2) is 0 Å². The number of carboxylic acids is 1. The van der Waals surface area contributed by atoms with Gasteiger partial charge in [0.05, 0.1) is 5.92 Å². The summed E-state index contributed by atoms with van der Waals surface area (Å²) in [5.74, 6) is -1.89. The Balaban J connectivity index is 2.59. The van der Waals surface area contributed by atoms with E-state index in [1.807, 2.05) is 4.72 Å². The smallest absolute Gasteiger partial charge is 0.307 e. The fourth-order valence-electron chi connectivity index (χ4n) is 1.73. The number of hydrogen-bond acceptors (Lipinski definition) is 4. The lowest BCUT2D eigenvalue weighted by atomic mass is 10.0. The van der Waals surface area contributed by atoms with Crippen LogP contribution in [0.3, 0.4) is 0 Å². The van der Waals surface area contributed by atoms with Gasteiger partial charge in [0.15, 0.2) is 0 Å². The fourth-order valence-corrected chi connectivity index (χ4v) is 3.04. The molecular weight excluding hydrogens is 286 g/mol. The van der Waals surface area contributed by atoms with Gasteiger partial charge in [-0.25, -0.2) is 8.78 Å². The number of piperidine rings is 1. The number of aliphatic hydroxyl groups is 1. The van der Waals surface area contributed by atoms with Crippen molar-refractivity contribution in [2.45, 2.75) is 25.4 Å². The van der Waals surface area contributed by atoms with Crippen LogP contribution in [0, 0.1) is 5.92 Å². The number of halogens is 2. The van der Waals surface area contributed by atoms with Gasteiger partial charge in [-0.2, -0.15) is 17.4 Å². The number of aliphatic carboxylic acids is 1. The number of alkyl halides is 2. The molecule has 7 nitrogen and oxygen atoms in total. The fraction of sp³-hybridized carbons (Fsp3) is 0.889. The highest BCUT2D eigenvalue weighted by atomic mass is 32.2. The highest BCUT2D eigenvalue weighted by Crippen LogP contribution is 2.18. The molecule has 0 amide bonds. The van der Waals surface area contributed by atoms with Gasteiger partial charge in [-0.05, 0) is 12.8 Å². The largest absolute Gasteiger partial charge is 0.481 e. The van der Waals surface area contributed by atoms with Crippen molar-refractivity contribution in [1.29, 1.82) is 0 Å². The molecule has 0 aromatic carbocycles. The van der Waals surface area contributed by atoms with Crippen LogP contribution in [-0.4, -0.2) is 61.1 Å². The third-order valence-electron chi connectivity index (χ3n) is 2.84. The molecule has 2 unspecified atom stereocenters. The predicted octanol–water partition coefficient (Wildman–Crippen LogP) is -0.757. The Hall–Kier alpha value is -0.840. The molecule has 19 heavy (non-hydrogen) atoms. The zero-order valence-corrected chi connectivity index (χ0v) is 10.8. The van der Waals surface area contributed by atoms with Gasteiger partial charge in [-0.15, -0.1) is 0 Å². The maximum Gasteiger partial charge on any atom is 0.307 e. The predicted molar refractivity (Wildman–Crippen MR) is 60.9 cm³/mol. The third kappa shape index (κ3) is 4.64. The van der Waals surface area contributed by atoms with Crippen molar-refractivity contribution in [1.82, 2.24) is 9.03 Å². The summed E-state index contributed by atoms with van der Waals surface area (Å²) in [6.45, 7) is -0.881. The lowest BCUT2D eigenvalue weighted by Gasteiger charge is -2.30. The summed E-state index contributed by atoms with van der Waals surface area (Å²) in [5.41, 5.74) is 0. The zero-order chi connectivity index (χ0) is 14.6.